The van der Waals surface area contributed by atoms with E-state index in [2.05, 4.69) is 5.32 Å². The molecule has 0 heterocycles. The number of benzene rings is 2. The van der Waals surface area contributed by atoms with Crippen LogP contribution in [-0.2, 0) is 13.2 Å². The zero-order chi connectivity index (χ0) is 14.5. The molecule has 2 rings (SSSR count). The van der Waals surface area contributed by atoms with Gasteiger partial charge in [0.15, 0.2) is 0 Å². The number of halogens is 1. The van der Waals surface area contributed by atoms with Crippen LogP contribution in [0.25, 0.3) is 0 Å². The lowest BCUT2D eigenvalue weighted by Crippen LogP contribution is -2.22. The summed E-state index contributed by atoms with van der Waals surface area (Å²) in [6.45, 7) is 0.331. The first-order valence-corrected chi connectivity index (χ1v) is 6.43. The monoisotopic (exact) mass is 291 g/mol. The van der Waals surface area contributed by atoms with Crippen molar-refractivity contribution in [1.82, 2.24) is 5.32 Å². The van der Waals surface area contributed by atoms with Crippen LogP contribution in [0.15, 0.2) is 42.5 Å². The van der Waals surface area contributed by atoms with Crippen molar-refractivity contribution in [3.63, 3.8) is 0 Å². The predicted octanol–water partition coefficient (Wildman–Crippen LogP) is 2.47. The number of carbonyl (C=O) groups excluding carboxylic acids is 1. The highest BCUT2D eigenvalue weighted by molar-refractivity contribution is 6.30. The van der Waals surface area contributed by atoms with Crippen LogP contribution in [0, 0.1) is 0 Å². The van der Waals surface area contributed by atoms with Gasteiger partial charge in [0.2, 0.25) is 0 Å². The number of hydrogen-bond donors (Lipinski definition) is 3. The van der Waals surface area contributed by atoms with E-state index in [1.807, 2.05) is 12.1 Å². The number of nitrogens with one attached hydrogen (secondary N) is 1. The number of hydrogen-bond acceptors (Lipinski definition) is 3. The molecule has 0 aliphatic heterocycles. The van der Waals surface area contributed by atoms with E-state index in [1.54, 1.807) is 18.2 Å². The summed E-state index contributed by atoms with van der Waals surface area (Å²) in [7, 11) is 0. The van der Waals surface area contributed by atoms with Gasteiger partial charge in [-0.1, -0.05) is 35.9 Å². The first-order valence-electron chi connectivity index (χ1n) is 6.05. The van der Waals surface area contributed by atoms with Gasteiger partial charge in [-0.05, 0) is 29.3 Å². The molecular formula is C15H14ClNO3. The fraction of sp³-hybridized carbons (Fsp3) is 0.133. The maximum atomic E-state index is 11.9. The second kappa shape index (κ2) is 6.41. The van der Waals surface area contributed by atoms with Crippen molar-refractivity contribution < 1.29 is 15.0 Å². The van der Waals surface area contributed by atoms with Crippen molar-refractivity contribution >= 4 is 17.5 Å². The summed E-state index contributed by atoms with van der Waals surface area (Å²) in [5.74, 6) is -0.518. The van der Waals surface area contributed by atoms with Crippen LogP contribution in [-0.4, -0.2) is 16.1 Å². The molecule has 2 aromatic carbocycles. The van der Waals surface area contributed by atoms with E-state index >= 15 is 0 Å². The number of phenolic OH excluding ortho intramolecular Hbond substituents is 1. The van der Waals surface area contributed by atoms with Crippen LogP contribution in [0.5, 0.6) is 5.75 Å². The minimum Gasteiger partial charge on any atom is -0.507 e. The third-order valence-electron chi connectivity index (χ3n) is 2.86. The minimum absolute atomic E-state index is 0.00864. The highest BCUT2D eigenvalue weighted by atomic mass is 35.5. The first kappa shape index (κ1) is 14.4. The standard InChI is InChI=1S/C15H14ClNO3/c16-12-5-6-13(14(19)7-12)15(20)17-8-10-1-3-11(9-18)4-2-10/h1-7,18-19H,8-9H2,(H,17,20). The van der Waals surface area contributed by atoms with Crippen molar-refractivity contribution in [2.75, 3.05) is 0 Å². The Morgan fingerprint density at radius 1 is 1.10 bits per heavy atom. The number of carbonyl (C=O) groups is 1. The molecular weight excluding hydrogens is 278 g/mol. The van der Waals surface area contributed by atoms with Gasteiger partial charge in [0.25, 0.3) is 5.91 Å². The van der Waals surface area contributed by atoms with Gasteiger partial charge in [0.05, 0.1) is 12.2 Å². The normalized spacial score (nSPS) is 10.3. The van der Waals surface area contributed by atoms with Gasteiger partial charge >= 0.3 is 0 Å². The molecule has 0 bridgehead atoms. The molecule has 0 aliphatic carbocycles. The van der Waals surface area contributed by atoms with Gasteiger partial charge in [0.1, 0.15) is 5.75 Å². The summed E-state index contributed by atoms with van der Waals surface area (Å²) in [6.07, 6.45) is 0. The fourth-order valence-electron chi connectivity index (χ4n) is 1.74. The van der Waals surface area contributed by atoms with Gasteiger partial charge in [-0.3, -0.25) is 4.79 Å². The third kappa shape index (κ3) is 3.50. The summed E-state index contributed by atoms with van der Waals surface area (Å²) in [5, 5.41) is 21.7. The number of amides is 1. The minimum atomic E-state index is -0.370. The van der Waals surface area contributed by atoms with E-state index in [1.165, 1.54) is 12.1 Å². The van der Waals surface area contributed by atoms with Crippen molar-refractivity contribution in [1.29, 1.82) is 0 Å². The van der Waals surface area contributed by atoms with Crippen LogP contribution >= 0.6 is 11.6 Å². The van der Waals surface area contributed by atoms with E-state index < -0.39 is 0 Å². The van der Waals surface area contributed by atoms with E-state index in [0.717, 1.165) is 11.1 Å². The van der Waals surface area contributed by atoms with Crippen LogP contribution in [0.3, 0.4) is 0 Å². The van der Waals surface area contributed by atoms with E-state index in [4.69, 9.17) is 16.7 Å². The topological polar surface area (TPSA) is 69.6 Å². The molecule has 0 aliphatic rings. The maximum Gasteiger partial charge on any atom is 0.255 e. The van der Waals surface area contributed by atoms with E-state index in [-0.39, 0.29) is 23.8 Å². The molecule has 20 heavy (non-hydrogen) atoms. The number of aliphatic hydroxyl groups excluding tert-OH is 1. The second-order valence-electron chi connectivity index (χ2n) is 4.32. The highest BCUT2D eigenvalue weighted by Gasteiger charge is 2.10. The number of rotatable bonds is 4. The summed E-state index contributed by atoms with van der Waals surface area (Å²) in [4.78, 5) is 11.9. The van der Waals surface area contributed by atoms with Gasteiger partial charge < -0.3 is 15.5 Å². The van der Waals surface area contributed by atoms with Crippen molar-refractivity contribution in [3.8, 4) is 5.75 Å². The zero-order valence-electron chi connectivity index (χ0n) is 10.6. The van der Waals surface area contributed by atoms with E-state index in [0.29, 0.717) is 11.6 Å². The number of aromatic hydroxyl groups is 1. The fourth-order valence-corrected chi connectivity index (χ4v) is 1.90. The van der Waals surface area contributed by atoms with Gasteiger partial charge in [0, 0.05) is 11.6 Å². The summed E-state index contributed by atoms with van der Waals surface area (Å²) in [6, 6.07) is 11.6. The quantitative estimate of drug-likeness (QED) is 0.810. The predicted molar refractivity (Wildman–Crippen MR) is 76.7 cm³/mol. The van der Waals surface area contributed by atoms with Crippen molar-refractivity contribution in [3.05, 3.63) is 64.2 Å². The smallest absolute Gasteiger partial charge is 0.255 e. The Balaban J connectivity index is 2.00. The molecule has 0 atom stereocenters. The molecule has 0 spiro atoms. The van der Waals surface area contributed by atoms with Crippen LogP contribution in [0.1, 0.15) is 21.5 Å². The molecule has 0 saturated heterocycles. The lowest BCUT2D eigenvalue weighted by atomic mass is 10.1. The Morgan fingerprint density at radius 3 is 2.35 bits per heavy atom. The largest absolute Gasteiger partial charge is 0.507 e. The van der Waals surface area contributed by atoms with Gasteiger partial charge in [-0.15, -0.1) is 0 Å². The average Bonchev–Trinajstić information content (AvgIpc) is 2.45. The third-order valence-corrected chi connectivity index (χ3v) is 3.10. The Bertz CT molecular complexity index is 611. The Hall–Kier alpha value is -2.04. The Morgan fingerprint density at radius 2 is 1.75 bits per heavy atom. The lowest BCUT2D eigenvalue weighted by molar-refractivity contribution is 0.0948. The molecule has 2 aromatic rings. The zero-order valence-corrected chi connectivity index (χ0v) is 11.4. The van der Waals surface area contributed by atoms with Crippen LogP contribution < -0.4 is 5.32 Å². The number of aliphatic hydroxyl groups is 1. The van der Waals surface area contributed by atoms with Crippen molar-refractivity contribution in [2.24, 2.45) is 0 Å². The lowest BCUT2D eigenvalue weighted by Gasteiger charge is -2.07. The van der Waals surface area contributed by atoms with E-state index in [9.17, 15) is 9.90 Å². The van der Waals surface area contributed by atoms with Crippen LogP contribution in [0.4, 0.5) is 0 Å². The highest BCUT2D eigenvalue weighted by Crippen LogP contribution is 2.21. The Labute approximate surface area is 121 Å². The van der Waals surface area contributed by atoms with Gasteiger partial charge in [-0.25, -0.2) is 0 Å². The molecule has 5 heteroatoms. The average molecular weight is 292 g/mol. The van der Waals surface area contributed by atoms with Gasteiger partial charge in [-0.2, -0.15) is 0 Å². The molecule has 0 unspecified atom stereocenters. The number of phenols is 1. The summed E-state index contributed by atoms with van der Waals surface area (Å²) in [5.41, 5.74) is 1.90. The molecule has 3 N–H and O–H groups in total. The Kier molecular flexibility index (Phi) is 4.61. The SMILES string of the molecule is O=C(NCc1ccc(CO)cc1)c1ccc(Cl)cc1O. The molecule has 0 aromatic heterocycles. The molecule has 0 radical (unpaired) electrons. The molecule has 0 saturated carbocycles. The second-order valence-corrected chi connectivity index (χ2v) is 4.76. The van der Waals surface area contributed by atoms with Crippen LogP contribution in [0.2, 0.25) is 5.02 Å². The molecule has 0 fully saturated rings. The summed E-state index contributed by atoms with van der Waals surface area (Å²) < 4.78 is 0. The molecule has 1 amide bonds. The molecule has 4 nitrogen and oxygen atoms in total. The molecule has 104 valence electrons. The summed E-state index contributed by atoms with van der Waals surface area (Å²) >= 11 is 5.71. The maximum absolute atomic E-state index is 11.9. The van der Waals surface area contributed by atoms with Crippen molar-refractivity contribution in [2.45, 2.75) is 13.2 Å². The first-order chi connectivity index (χ1) is 9.60.